The average Bonchev–Trinajstić information content (AvgIpc) is 3.18. The zero-order chi connectivity index (χ0) is 30.7. The number of benzene rings is 2. The summed E-state index contributed by atoms with van der Waals surface area (Å²) >= 11 is 5.97. The Labute approximate surface area is 253 Å². The van der Waals surface area contributed by atoms with Crippen LogP contribution in [0.4, 0.5) is 25.0 Å². The highest BCUT2D eigenvalue weighted by molar-refractivity contribution is 6.30. The van der Waals surface area contributed by atoms with Crippen LogP contribution >= 0.6 is 11.6 Å². The highest BCUT2D eigenvalue weighted by Crippen LogP contribution is 2.39. The highest BCUT2D eigenvalue weighted by Gasteiger charge is 2.33. The predicted molar refractivity (Wildman–Crippen MR) is 160 cm³/mol. The van der Waals surface area contributed by atoms with Crippen molar-refractivity contribution in [3.05, 3.63) is 76.6 Å². The van der Waals surface area contributed by atoms with Gasteiger partial charge in [-0.15, -0.1) is 0 Å². The Morgan fingerprint density at radius 3 is 2.70 bits per heavy atom. The molecule has 2 aromatic carbocycles. The SMILES string of the molecule is COC(=O)Nc1ccc2c(c1)NC(=O)[C@H](C)CCC[C@H](N1CCC(c3c(F)ccc(Cl)c3F)CCC1=O)c1cncc-2c1. The molecule has 2 aliphatic heterocycles. The quantitative estimate of drug-likeness (QED) is 0.300. The third-order valence-corrected chi connectivity index (χ3v) is 8.63. The van der Waals surface area contributed by atoms with Crippen LogP contribution in [-0.4, -0.2) is 41.4 Å². The number of pyridine rings is 1. The Morgan fingerprint density at radius 1 is 1.09 bits per heavy atom. The summed E-state index contributed by atoms with van der Waals surface area (Å²) in [5.41, 5.74) is 3.12. The Morgan fingerprint density at radius 2 is 1.91 bits per heavy atom. The van der Waals surface area contributed by atoms with E-state index < -0.39 is 23.6 Å². The van der Waals surface area contributed by atoms with Gasteiger partial charge in [0.2, 0.25) is 11.8 Å². The van der Waals surface area contributed by atoms with Gasteiger partial charge in [-0.1, -0.05) is 31.0 Å². The summed E-state index contributed by atoms with van der Waals surface area (Å²) < 4.78 is 34.3. The second-order valence-electron chi connectivity index (χ2n) is 11.1. The van der Waals surface area contributed by atoms with Gasteiger partial charge in [-0.2, -0.15) is 0 Å². The number of carbonyl (C=O) groups excluding carboxylic acids is 3. The summed E-state index contributed by atoms with van der Waals surface area (Å²) in [4.78, 5) is 44.8. The Balaban J connectivity index is 1.50. The number of carbonyl (C=O) groups is 3. The molecular formula is C32H33ClF2N4O4. The molecule has 1 unspecified atom stereocenters. The van der Waals surface area contributed by atoms with Gasteiger partial charge < -0.3 is 15.0 Å². The summed E-state index contributed by atoms with van der Waals surface area (Å²) in [5.74, 6) is -2.51. The molecule has 1 saturated heterocycles. The number of halogens is 3. The lowest BCUT2D eigenvalue weighted by Gasteiger charge is -2.32. The van der Waals surface area contributed by atoms with E-state index in [4.69, 9.17) is 16.3 Å². The number of likely N-dealkylation sites (tertiary alicyclic amines) is 1. The lowest BCUT2D eigenvalue weighted by atomic mass is 9.91. The summed E-state index contributed by atoms with van der Waals surface area (Å²) in [6.45, 7) is 2.15. The van der Waals surface area contributed by atoms with Crippen molar-refractivity contribution in [2.75, 3.05) is 24.3 Å². The van der Waals surface area contributed by atoms with Crippen molar-refractivity contribution in [1.82, 2.24) is 9.88 Å². The maximum atomic E-state index is 14.9. The van der Waals surface area contributed by atoms with E-state index in [1.165, 1.54) is 19.2 Å². The van der Waals surface area contributed by atoms with Crippen LogP contribution in [0.25, 0.3) is 11.1 Å². The minimum Gasteiger partial charge on any atom is -0.453 e. The van der Waals surface area contributed by atoms with Crippen LogP contribution < -0.4 is 10.6 Å². The molecule has 3 aromatic rings. The monoisotopic (exact) mass is 610 g/mol. The number of amides is 3. The van der Waals surface area contributed by atoms with Crippen LogP contribution in [0.1, 0.15) is 68.5 Å². The van der Waals surface area contributed by atoms with Crippen molar-refractivity contribution in [2.45, 2.75) is 57.4 Å². The number of aromatic nitrogens is 1. The van der Waals surface area contributed by atoms with Crippen molar-refractivity contribution in [3.63, 3.8) is 0 Å². The molecule has 2 aliphatic rings. The van der Waals surface area contributed by atoms with E-state index in [9.17, 15) is 23.2 Å². The molecule has 2 N–H and O–H groups in total. The largest absolute Gasteiger partial charge is 0.453 e. The molecule has 1 aromatic heterocycles. The zero-order valence-corrected chi connectivity index (χ0v) is 24.7. The topological polar surface area (TPSA) is 101 Å². The first-order valence-electron chi connectivity index (χ1n) is 14.3. The Kier molecular flexibility index (Phi) is 9.25. The molecule has 0 radical (unpaired) electrons. The minimum absolute atomic E-state index is 0.0676. The second kappa shape index (κ2) is 13.1. The molecule has 1 fully saturated rings. The maximum Gasteiger partial charge on any atom is 0.411 e. The van der Waals surface area contributed by atoms with E-state index in [2.05, 4.69) is 15.6 Å². The van der Waals surface area contributed by atoms with Crippen molar-refractivity contribution in [2.24, 2.45) is 5.92 Å². The van der Waals surface area contributed by atoms with E-state index in [-0.39, 0.29) is 40.8 Å². The van der Waals surface area contributed by atoms with Crippen molar-refractivity contribution < 1.29 is 27.9 Å². The van der Waals surface area contributed by atoms with Crippen LogP contribution in [0.2, 0.25) is 5.02 Å². The van der Waals surface area contributed by atoms with Crippen LogP contribution in [0.15, 0.2) is 48.8 Å². The number of hydrogen-bond donors (Lipinski definition) is 2. The first-order chi connectivity index (χ1) is 20.7. The molecule has 0 spiro atoms. The predicted octanol–water partition coefficient (Wildman–Crippen LogP) is 7.45. The van der Waals surface area contributed by atoms with Crippen LogP contribution in [0.5, 0.6) is 0 Å². The van der Waals surface area contributed by atoms with Gasteiger partial charge >= 0.3 is 6.09 Å². The van der Waals surface area contributed by atoms with Crippen molar-refractivity contribution in [1.29, 1.82) is 0 Å². The number of nitrogens with one attached hydrogen (secondary N) is 2. The smallest absolute Gasteiger partial charge is 0.411 e. The molecule has 11 heteroatoms. The molecule has 3 heterocycles. The number of methoxy groups -OCH3 is 1. The third-order valence-electron chi connectivity index (χ3n) is 8.34. The molecule has 2 bridgehead atoms. The number of fused-ring (bicyclic) bond motifs is 4. The van der Waals surface area contributed by atoms with E-state index in [0.717, 1.165) is 11.1 Å². The lowest BCUT2D eigenvalue weighted by Crippen LogP contribution is -2.35. The maximum absolute atomic E-state index is 14.9. The third kappa shape index (κ3) is 6.64. The van der Waals surface area contributed by atoms with E-state index in [0.29, 0.717) is 55.6 Å². The Bertz CT molecular complexity index is 1550. The number of ether oxygens (including phenoxy) is 1. The molecular weight excluding hydrogens is 578 g/mol. The fourth-order valence-corrected chi connectivity index (χ4v) is 6.15. The summed E-state index contributed by atoms with van der Waals surface area (Å²) in [6, 6.07) is 9.12. The highest BCUT2D eigenvalue weighted by atomic mass is 35.5. The first-order valence-corrected chi connectivity index (χ1v) is 14.7. The average molecular weight is 611 g/mol. The minimum atomic E-state index is -0.772. The molecule has 5 rings (SSSR count). The normalized spacial score (nSPS) is 21.0. The molecule has 0 aliphatic carbocycles. The summed E-state index contributed by atoms with van der Waals surface area (Å²) in [7, 11) is 1.27. The fourth-order valence-electron chi connectivity index (χ4n) is 5.98. The van der Waals surface area contributed by atoms with Crippen molar-refractivity contribution in [3.8, 4) is 11.1 Å². The van der Waals surface area contributed by atoms with E-state index in [1.807, 2.05) is 13.0 Å². The van der Waals surface area contributed by atoms with Crippen LogP contribution in [0, 0.1) is 17.6 Å². The molecule has 3 amide bonds. The van der Waals surface area contributed by atoms with Gasteiger partial charge in [-0.25, -0.2) is 13.6 Å². The van der Waals surface area contributed by atoms with E-state index >= 15 is 0 Å². The number of rotatable bonds is 3. The van der Waals surface area contributed by atoms with Gasteiger partial charge in [0.05, 0.1) is 23.9 Å². The standard InChI is InChI=1S/C32H33ClF2N4O4/c1-18-4-3-5-27(39-13-12-19(6-11-28(39)40)29-25(34)10-9-24(33)30(29)35)21-14-20(16-36-17-21)23-8-7-22(37-32(42)43-2)15-26(23)38-31(18)41/h7-10,14-19,27H,3-6,11-13H2,1-2H3,(H,37,42)(H,38,41)/t18-,19?,27+/m1/s1. The lowest BCUT2D eigenvalue weighted by molar-refractivity contribution is -0.133. The molecule has 8 nitrogen and oxygen atoms in total. The number of nitrogens with zero attached hydrogens (tertiary/aromatic N) is 2. The zero-order valence-electron chi connectivity index (χ0n) is 24.0. The molecule has 3 atom stereocenters. The van der Waals surface area contributed by atoms with Crippen LogP contribution in [0.3, 0.4) is 0 Å². The van der Waals surface area contributed by atoms with Gasteiger partial charge in [0.15, 0.2) is 0 Å². The van der Waals surface area contributed by atoms with Gasteiger partial charge in [-0.3, -0.25) is 19.9 Å². The second-order valence-corrected chi connectivity index (χ2v) is 11.5. The molecule has 0 saturated carbocycles. The van der Waals surface area contributed by atoms with Gasteiger partial charge in [-0.05, 0) is 67.5 Å². The number of hydrogen-bond acceptors (Lipinski definition) is 5. The summed E-state index contributed by atoms with van der Waals surface area (Å²) in [5, 5.41) is 5.48. The van der Waals surface area contributed by atoms with Crippen LogP contribution in [-0.2, 0) is 14.3 Å². The first kappa shape index (κ1) is 30.4. The van der Waals surface area contributed by atoms with Gasteiger partial charge in [0.25, 0.3) is 0 Å². The molecule has 43 heavy (non-hydrogen) atoms. The van der Waals surface area contributed by atoms with E-state index in [1.54, 1.807) is 35.5 Å². The van der Waals surface area contributed by atoms with Crippen molar-refractivity contribution >= 4 is 40.9 Å². The summed E-state index contributed by atoms with van der Waals surface area (Å²) in [6.07, 6.45) is 5.43. The Hall–Kier alpha value is -4.05. The fraction of sp³-hybridized carbons (Fsp3) is 0.375. The molecule has 226 valence electrons. The van der Waals surface area contributed by atoms with Gasteiger partial charge in [0.1, 0.15) is 11.6 Å². The van der Waals surface area contributed by atoms with Gasteiger partial charge in [0, 0.05) is 53.7 Å². The number of anilines is 2.